The number of likely N-dealkylation sites (N-methyl/N-ethyl adjacent to an activating group) is 1. The van der Waals surface area contributed by atoms with Crippen molar-refractivity contribution in [3.8, 4) is 0 Å². The van der Waals surface area contributed by atoms with Crippen molar-refractivity contribution < 1.29 is 4.79 Å². The molecule has 2 fully saturated rings. The Morgan fingerprint density at radius 3 is 2.70 bits per heavy atom. The van der Waals surface area contributed by atoms with E-state index in [1.165, 1.54) is 11.1 Å². The van der Waals surface area contributed by atoms with Crippen LogP contribution in [0.5, 0.6) is 0 Å². The van der Waals surface area contributed by atoms with Crippen LogP contribution in [0, 0.1) is 18.8 Å². The van der Waals surface area contributed by atoms with Crippen LogP contribution in [-0.2, 0) is 4.79 Å². The number of carbonyl (C=O) groups excluding carboxylic acids is 1. The molecule has 3 heterocycles. The maximum Gasteiger partial charge on any atom is 0.237 e. The molecule has 2 aliphatic heterocycles. The Balaban J connectivity index is 1.64. The number of hydrogen-bond acceptors (Lipinski definition) is 5. The molecule has 0 aliphatic carbocycles. The van der Waals surface area contributed by atoms with Gasteiger partial charge in [-0.15, -0.1) is 0 Å². The number of anilines is 1. The quantitative estimate of drug-likeness (QED) is 0.829. The van der Waals surface area contributed by atoms with Crippen LogP contribution in [0.2, 0.25) is 0 Å². The zero-order chi connectivity index (χ0) is 19.0. The van der Waals surface area contributed by atoms with Crippen LogP contribution >= 0.6 is 0 Å². The standard InChI is InChI=1S/C21H27N5O/c1-15-6-4-5-7-17(15)21-18-13-25(19-10-22-8-9-23-19)11-16(18)12-26(21)20(27)14-24(2)3/h4-10,16,18,21H,11-14H2,1-3H3/t16-,18-,21+/m1/s1. The largest absolute Gasteiger partial charge is 0.355 e. The van der Waals surface area contributed by atoms with Gasteiger partial charge in [0.2, 0.25) is 5.91 Å². The molecular weight excluding hydrogens is 338 g/mol. The summed E-state index contributed by atoms with van der Waals surface area (Å²) in [5, 5.41) is 0. The Hall–Kier alpha value is -2.47. The van der Waals surface area contributed by atoms with Gasteiger partial charge in [-0.25, -0.2) is 4.98 Å². The minimum Gasteiger partial charge on any atom is -0.355 e. The van der Waals surface area contributed by atoms with E-state index in [1.54, 1.807) is 12.4 Å². The summed E-state index contributed by atoms with van der Waals surface area (Å²) in [5.74, 6) is 2.03. The predicted octanol–water partition coefficient (Wildman–Crippen LogP) is 1.98. The second-order valence-corrected chi connectivity index (χ2v) is 7.98. The normalized spacial score (nSPS) is 24.5. The molecule has 27 heavy (non-hydrogen) atoms. The van der Waals surface area contributed by atoms with Gasteiger partial charge in [0.05, 0.1) is 18.8 Å². The van der Waals surface area contributed by atoms with Crippen LogP contribution in [0.25, 0.3) is 0 Å². The average Bonchev–Trinajstić information content (AvgIpc) is 3.20. The summed E-state index contributed by atoms with van der Waals surface area (Å²) in [6.07, 6.45) is 5.28. The fourth-order valence-corrected chi connectivity index (χ4v) is 4.62. The van der Waals surface area contributed by atoms with Crippen molar-refractivity contribution in [1.29, 1.82) is 0 Å². The lowest BCUT2D eigenvalue weighted by Gasteiger charge is -2.31. The Bertz CT molecular complexity index is 809. The van der Waals surface area contributed by atoms with E-state index in [1.807, 2.05) is 25.2 Å². The molecular formula is C21H27N5O. The molecule has 1 aromatic heterocycles. The Morgan fingerprint density at radius 2 is 2.00 bits per heavy atom. The van der Waals surface area contributed by atoms with Crippen molar-refractivity contribution in [1.82, 2.24) is 19.8 Å². The zero-order valence-corrected chi connectivity index (χ0v) is 16.2. The topological polar surface area (TPSA) is 52.6 Å². The van der Waals surface area contributed by atoms with Gasteiger partial charge in [-0.3, -0.25) is 9.78 Å². The molecule has 2 aliphatic rings. The van der Waals surface area contributed by atoms with E-state index < -0.39 is 0 Å². The van der Waals surface area contributed by atoms with E-state index in [9.17, 15) is 4.79 Å². The van der Waals surface area contributed by atoms with Crippen LogP contribution in [-0.4, -0.2) is 65.9 Å². The number of aryl methyl sites for hydroxylation is 1. The summed E-state index contributed by atoms with van der Waals surface area (Å²) in [7, 11) is 3.90. The maximum atomic E-state index is 13.0. The highest BCUT2D eigenvalue weighted by Gasteiger charge is 2.49. The molecule has 0 unspecified atom stereocenters. The molecule has 0 saturated carbocycles. The van der Waals surface area contributed by atoms with E-state index in [-0.39, 0.29) is 11.9 Å². The summed E-state index contributed by atoms with van der Waals surface area (Å²) in [6.45, 7) is 5.25. The lowest BCUT2D eigenvalue weighted by atomic mass is 9.87. The van der Waals surface area contributed by atoms with Crippen molar-refractivity contribution in [2.24, 2.45) is 11.8 Å². The van der Waals surface area contributed by atoms with Crippen LogP contribution < -0.4 is 4.90 Å². The third-order valence-electron chi connectivity index (χ3n) is 5.82. The van der Waals surface area contributed by atoms with Gasteiger partial charge < -0.3 is 14.7 Å². The summed E-state index contributed by atoms with van der Waals surface area (Å²) in [4.78, 5) is 28.1. The van der Waals surface area contributed by atoms with E-state index >= 15 is 0 Å². The van der Waals surface area contributed by atoms with Crippen LogP contribution in [0.15, 0.2) is 42.9 Å². The van der Waals surface area contributed by atoms with Gasteiger partial charge in [0.15, 0.2) is 0 Å². The number of rotatable bonds is 4. The summed E-state index contributed by atoms with van der Waals surface area (Å²) in [6, 6.07) is 8.61. The number of amides is 1. The van der Waals surface area contributed by atoms with Crippen molar-refractivity contribution in [2.75, 3.05) is 45.2 Å². The van der Waals surface area contributed by atoms with Crippen molar-refractivity contribution in [3.05, 3.63) is 54.0 Å². The Morgan fingerprint density at radius 1 is 1.19 bits per heavy atom. The Kier molecular flexibility index (Phi) is 4.83. The molecule has 0 bridgehead atoms. The van der Waals surface area contributed by atoms with E-state index in [4.69, 9.17) is 0 Å². The fourth-order valence-electron chi connectivity index (χ4n) is 4.62. The first-order chi connectivity index (χ1) is 13.0. The summed E-state index contributed by atoms with van der Waals surface area (Å²) < 4.78 is 0. The van der Waals surface area contributed by atoms with Gasteiger partial charge in [-0.2, -0.15) is 0 Å². The number of nitrogens with zero attached hydrogens (tertiary/aromatic N) is 5. The van der Waals surface area contributed by atoms with Gasteiger partial charge >= 0.3 is 0 Å². The highest BCUT2D eigenvalue weighted by molar-refractivity contribution is 5.79. The molecule has 6 nitrogen and oxygen atoms in total. The Labute approximate surface area is 160 Å². The van der Waals surface area contributed by atoms with Gasteiger partial charge in [0, 0.05) is 43.9 Å². The fraction of sp³-hybridized carbons (Fsp3) is 0.476. The summed E-state index contributed by atoms with van der Waals surface area (Å²) >= 11 is 0. The van der Waals surface area contributed by atoms with Crippen LogP contribution in [0.1, 0.15) is 17.2 Å². The second-order valence-electron chi connectivity index (χ2n) is 7.98. The lowest BCUT2D eigenvalue weighted by Crippen LogP contribution is -2.40. The number of hydrogen-bond donors (Lipinski definition) is 0. The number of likely N-dealkylation sites (tertiary alicyclic amines) is 1. The van der Waals surface area contributed by atoms with E-state index in [2.05, 4.69) is 51.0 Å². The molecule has 4 rings (SSSR count). The van der Waals surface area contributed by atoms with Crippen molar-refractivity contribution in [2.45, 2.75) is 13.0 Å². The SMILES string of the molecule is Cc1ccccc1[C@H]1[C@@H]2CN(c3cnccn3)C[C@@H]2CN1C(=O)CN(C)C. The first kappa shape index (κ1) is 17.9. The minimum atomic E-state index is 0.130. The first-order valence-electron chi connectivity index (χ1n) is 9.55. The number of fused-ring (bicyclic) bond motifs is 1. The monoisotopic (exact) mass is 365 g/mol. The zero-order valence-electron chi connectivity index (χ0n) is 16.2. The predicted molar refractivity (Wildman–Crippen MR) is 105 cm³/mol. The minimum absolute atomic E-state index is 0.130. The smallest absolute Gasteiger partial charge is 0.237 e. The van der Waals surface area contributed by atoms with Crippen molar-refractivity contribution in [3.63, 3.8) is 0 Å². The van der Waals surface area contributed by atoms with Gasteiger partial charge in [-0.05, 0) is 32.1 Å². The highest BCUT2D eigenvalue weighted by atomic mass is 16.2. The van der Waals surface area contributed by atoms with Gasteiger partial charge in [0.25, 0.3) is 0 Å². The van der Waals surface area contributed by atoms with Gasteiger partial charge in [-0.1, -0.05) is 24.3 Å². The molecule has 0 N–H and O–H groups in total. The molecule has 1 amide bonds. The van der Waals surface area contributed by atoms with Crippen molar-refractivity contribution >= 4 is 11.7 Å². The molecule has 3 atom stereocenters. The number of carbonyl (C=O) groups is 1. The molecule has 2 saturated heterocycles. The average molecular weight is 365 g/mol. The molecule has 142 valence electrons. The summed E-state index contributed by atoms with van der Waals surface area (Å²) in [5.41, 5.74) is 2.53. The molecule has 2 aromatic rings. The maximum absolute atomic E-state index is 13.0. The first-order valence-corrected chi connectivity index (χ1v) is 9.55. The van der Waals surface area contributed by atoms with Crippen LogP contribution in [0.3, 0.4) is 0 Å². The molecule has 1 aromatic carbocycles. The van der Waals surface area contributed by atoms with E-state index in [0.29, 0.717) is 18.4 Å². The molecule has 0 spiro atoms. The second kappa shape index (κ2) is 7.27. The molecule has 6 heteroatoms. The molecule has 0 radical (unpaired) electrons. The van der Waals surface area contributed by atoms with Gasteiger partial charge in [0.1, 0.15) is 5.82 Å². The highest BCUT2D eigenvalue weighted by Crippen LogP contribution is 2.46. The van der Waals surface area contributed by atoms with Crippen LogP contribution in [0.4, 0.5) is 5.82 Å². The number of aromatic nitrogens is 2. The number of benzene rings is 1. The van der Waals surface area contributed by atoms with E-state index in [0.717, 1.165) is 25.5 Å². The lowest BCUT2D eigenvalue weighted by molar-refractivity contribution is -0.133. The third kappa shape index (κ3) is 3.41. The third-order valence-corrected chi connectivity index (χ3v) is 5.82.